The van der Waals surface area contributed by atoms with Gasteiger partial charge in [0.05, 0.1) is 17.7 Å². The molecule has 66 valence electrons. The van der Waals surface area contributed by atoms with Gasteiger partial charge in [0.2, 0.25) is 0 Å². The Morgan fingerprint density at radius 1 is 1.67 bits per heavy atom. The van der Waals surface area contributed by atoms with Gasteiger partial charge in [-0.3, -0.25) is 4.90 Å². The van der Waals surface area contributed by atoms with Gasteiger partial charge in [-0.05, 0) is 13.0 Å². The first-order chi connectivity index (χ1) is 5.90. The summed E-state index contributed by atoms with van der Waals surface area (Å²) in [4.78, 5) is 9.94. The van der Waals surface area contributed by atoms with E-state index in [0.29, 0.717) is 0 Å². The first-order valence-electron chi connectivity index (χ1n) is 4.63. The predicted molar refractivity (Wildman–Crippen MR) is 47.9 cm³/mol. The molecule has 0 aliphatic carbocycles. The van der Waals surface area contributed by atoms with Crippen molar-refractivity contribution in [2.75, 3.05) is 13.1 Å². The van der Waals surface area contributed by atoms with Crippen LogP contribution in [0.3, 0.4) is 0 Å². The molecule has 0 saturated carbocycles. The van der Waals surface area contributed by atoms with Gasteiger partial charge >= 0.3 is 0 Å². The minimum atomic E-state index is 1.06. The first-order valence-corrected chi connectivity index (χ1v) is 4.63. The average molecular weight is 165 g/mol. The van der Waals surface area contributed by atoms with Crippen LogP contribution in [0.5, 0.6) is 0 Å². The molecule has 0 radical (unpaired) electrons. The number of aromatic nitrogens is 2. The molecule has 1 aromatic rings. The van der Waals surface area contributed by atoms with E-state index in [0.717, 1.165) is 13.0 Å². The third-order valence-electron chi connectivity index (χ3n) is 2.39. The lowest BCUT2D eigenvalue weighted by atomic mass is 10.1. The summed E-state index contributed by atoms with van der Waals surface area (Å²) in [6.07, 6.45) is 4.16. The van der Waals surface area contributed by atoms with E-state index in [1.54, 1.807) is 6.33 Å². The summed E-state index contributed by atoms with van der Waals surface area (Å²) < 4.78 is 0. The van der Waals surface area contributed by atoms with Crippen LogP contribution in [0.25, 0.3) is 0 Å². The van der Waals surface area contributed by atoms with Gasteiger partial charge in [0.25, 0.3) is 0 Å². The van der Waals surface area contributed by atoms with Crippen LogP contribution in [0, 0.1) is 0 Å². The van der Waals surface area contributed by atoms with Crippen molar-refractivity contribution in [2.24, 2.45) is 0 Å². The molecule has 0 amide bonds. The number of nitrogens with zero attached hydrogens (tertiary/aromatic N) is 2. The van der Waals surface area contributed by atoms with E-state index in [9.17, 15) is 0 Å². The fourth-order valence-electron chi connectivity index (χ4n) is 1.78. The normalized spacial score (nSPS) is 17.8. The Balaban J connectivity index is 2.05. The van der Waals surface area contributed by atoms with E-state index in [1.165, 1.54) is 30.9 Å². The van der Waals surface area contributed by atoms with E-state index in [2.05, 4.69) is 21.8 Å². The third-order valence-corrected chi connectivity index (χ3v) is 2.39. The molecule has 0 bridgehead atoms. The predicted octanol–water partition coefficient (Wildman–Crippen LogP) is 1.18. The fraction of sp³-hybridized carbons (Fsp3) is 0.667. The van der Waals surface area contributed by atoms with Crippen molar-refractivity contribution >= 4 is 0 Å². The minimum absolute atomic E-state index is 1.06. The van der Waals surface area contributed by atoms with Gasteiger partial charge in [-0.25, -0.2) is 4.98 Å². The smallest absolute Gasteiger partial charge is 0.0925 e. The standard InChI is InChI=1S/C9H15N3/c1-2-4-12-5-3-8-9(6-12)11-7-10-8/h7H,2-6H2,1H3,(H,10,11). The number of rotatable bonds is 2. The Morgan fingerprint density at radius 2 is 2.58 bits per heavy atom. The van der Waals surface area contributed by atoms with E-state index >= 15 is 0 Å². The number of imidazole rings is 1. The van der Waals surface area contributed by atoms with Crippen LogP contribution < -0.4 is 0 Å². The topological polar surface area (TPSA) is 31.9 Å². The fourth-order valence-corrected chi connectivity index (χ4v) is 1.78. The van der Waals surface area contributed by atoms with Crippen molar-refractivity contribution < 1.29 is 0 Å². The molecule has 0 unspecified atom stereocenters. The van der Waals surface area contributed by atoms with Crippen LogP contribution in [0.1, 0.15) is 24.7 Å². The second kappa shape index (κ2) is 3.27. The Morgan fingerprint density at radius 3 is 3.42 bits per heavy atom. The highest BCUT2D eigenvalue weighted by molar-refractivity contribution is 5.14. The molecule has 12 heavy (non-hydrogen) atoms. The summed E-state index contributed by atoms with van der Waals surface area (Å²) >= 11 is 0. The largest absolute Gasteiger partial charge is 0.347 e. The van der Waals surface area contributed by atoms with Gasteiger partial charge in [-0.15, -0.1) is 0 Å². The van der Waals surface area contributed by atoms with Crippen molar-refractivity contribution in [1.82, 2.24) is 14.9 Å². The molecule has 1 aliphatic heterocycles. The monoisotopic (exact) mass is 165 g/mol. The number of hydrogen-bond acceptors (Lipinski definition) is 2. The van der Waals surface area contributed by atoms with Crippen LogP contribution in [-0.2, 0) is 13.0 Å². The number of H-pyrrole nitrogens is 1. The molecule has 0 atom stereocenters. The molecular weight excluding hydrogens is 150 g/mol. The number of fused-ring (bicyclic) bond motifs is 1. The SMILES string of the molecule is CCCN1CCc2nc[nH]c2C1. The molecule has 3 nitrogen and oxygen atoms in total. The highest BCUT2D eigenvalue weighted by Gasteiger charge is 2.16. The van der Waals surface area contributed by atoms with Crippen molar-refractivity contribution in [3.8, 4) is 0 Å². The molecule has 1 N–H and O–H groups in total. The Labute approximate surface area is 72.8 Å². The summed E-state index contributed by atoms with van der Waals surface area (Å²) in [6.45, 7) is 5.66. The molecule has 0 aromatic carbocycles. The maximum atomic E-state index is 4.27. The molecule has 1 aromatic heterocycles. The summed E-state index contributed by atoms with van der Waals surface area (Å²) in [5, 5.41) is 0. The zero-order valence-corrected chi connectivity index (χ0v) is 7.51. The lowest BCUT2D eigenvalue weighted by Gasteiger charge is -2.25. The highest BCUT2D eigenvalue weighted by Crippen LogP contribution is 2.14. The maximum Gasteiger partial charge on any atom is 0.0925 e. The molecule has 0 fully saturated rings. The summed E-state index contributed by atoms with van der Waals surface area (Å²) in [6, 6.07) is 0. The van der Waals surface area contributed by atoms with Crippen molar-refractivity contribution in [1.29, 1.82) is 0 Å². The quantitative estimate of drug-likeness (QED) is 0.713. The van der Waals surface area contributed by atoms with Gasteiger partial charge in [0.15, 0.2) is 0 Å². The van der Waals surface area contributed by atoms with Gasteiger partial charge in [-0.2, -0.15) is 0 Å². The van der Waals surface area contributed by atoms with Crippen LogP contribution >= 0.6 is 0 Å². The Bertz CT molecular complexity index is 254. The maximum absolute atomic E-state index is 4.27. The zero-order valence-electron chi connectivity index (χ0n) is 7.51. The van der Waals surface area contributed by atoms with Crippen LogP contribution in [0.4, 0.5) is 0 Å². The van der Waals surface area contributed by atoms with E-state index in [1.807, 2.05) is 0 Å². The summed E-state index contributed by atoms with van der Waals surface area (Å²) in [5.74, 6) is 0. The van der Waals surface area contributed by atoms with Gasteiger partial charge in [-0.1, -0.05) is 6.92 Å². The minimum Gasteiger partial charge on any atom is -0.347 e. The second-order valence-corrected chi connectivity index (χ2v) is 3.35. The van der Waals surface area contributed by atoms with Crippen LogP contribution in [0.2, 0.25) is 0 Å². The summed E-state index contributed by atoms with van der Waals surface area (Å²) in [5.41, 5.74) is 2.58. The van der Waals surface area contributed by atoms with E-state index in [-0.39, 0.29) is 0 Å². The molecule has 0 saturated heterocycles. The number of aromatic amines is 1. The summed E-state index contributed by atoms with van der Waals surface area (Å²) in [7, 11) is 0. The van der Waals surface area contributed by atoms with Crippen LogP contribution in [-0.4, -0.2) is 28.0 Å². The average Bonchev–Trinajstić information content (AvgIpc) is 2.51. The lowest BCUT2D eigenvalue weighted by molar-refractivity contribution is 0.250. The zero-order chi connectivity index (χ0) is 8.39. The molecule has 2 heterocycles. The second-order valence-electron chi connectivity index (χ2n) is 3.35. The molecule has 2 rings (SSSR count). The van der Waals surface area contributed by atoms with Crippen molar-refractivity contribution in [3.63, 3.8) is 0 Å². The number of hydrogen-bond donors (Lipinski definition) is 1. The molecular formula is C9H15N3. The first kappa shape index (κ1) is 7.80. The van der Waals surface area contributed by atoms with Crippen LogP contribution in [0.15, 0.2) is 6.33 Å². The Hall–Kier alpha value is -0.830. The van der Waals surface area contributed by atoms with Gasteiger partial charge in [0, 0.05) is 19.5 Å². The van der Waals surface area contributed by atoms with Crippen molar-refractivity contribution in [2.45, 2.75) is 26.3 Å². The Kier molecular flexibility index (Phi) is 2.13. The molecule has 3 heteroatoms. The number of nitrogens with one attached hydrogen (secondary N) is 1. The third kappa shape index (κ3) is 1.37. The van der Waals surface area contributed by atoms with E-state index < -0.39 is 0 Å². The molecule has 0 spiro atoms. The lowest BCUT2D eigenvalue weighted by Crippen LogP contribution is -2.31. The van der Waals surface area contributed by atoms with Crippen molar-refractivity contribution in [3.05, 3.63) is 17.7 Å². The highest BCUT2D eigenvalue weighted by atomic mass is 15.1. The van der Waals surface area contributed by atoms with Gasteiger partial charge < -0.3 is 4.98 Å². The molecule has 1 aliphatic rings. The van der Waals surface area contributed by atoms with Gasteiger partial charge in [0.1, 0.15) is 0 Å². The van der Waals surface area contributed by atoms with E-state index in [4.69, 9.17) is 0 Å².